The van der Waals surface area contributed by atoms with E-state index in [0.717, 1.165) is 6.42 Å². The van der Waals surface area contributed by atoms with Crippen LogP contribution in [-0.2, 0) is 6.42 Å². The van der Waals surface area contributed by atoms with Crippen molar-refractivity contribution in [3.8, 4) is 0 Å². The molecule has 0 aliphatic heterocycles. The average molecular weight is 301 g/mol. The van der Waals surface area contributed by atoms with Gasteiger partial charge in [-0.2, -0.15) is 0 Å². The minimum atomic E-state index is 0.304. The first-order valence-electron chi connectivity index (χ1n) is 7.74. The minimum Gasteiger partial charge on any atom is -0.309 e. The smallest absolute Gasteiger partial charge is 0.0676 e. The van der Waals surface area contributed by atoms with E-state index in [1.807, 2.05) is 11.3 Å². The van der Waals surface area contributed by atoms with Crippen LogP contribution in [0.3, 0.4) is 0 Å². The lowest BCUT2D eigenvalue weighted by Crippen LogP contribution is -2.21. The van der Waals surface area contributed by atoms with Gasteiger partial charge < -0.3 is 5.32 Å². The van der Waals surface area contributed by atoms with Crippen LogP contribution in [0.25, 0.3) is 0 Å². The van der Waals surface area contributed by atoms with E-state index in [1.54, 1.807) is 0 Å². The van der Waals surface area contributed by atoms with Crippen LogP contribution < -0.4 is 5.32 Å². The molecule has 0 fully saturated rings. The van der Waals surface area contributed by atoms with Crippen molar-refractivity contribution in [2.75, 3.05) is 7.05 Å². The first-order valence-corrected chi connectivity index (χ1v) is 8.62. The second-order valence-electron chi connectivity index (χ2n) is 5.92. The Labute approximate surface area is 133 Å². The first-order chi connectivity index (χ1) is 9.93. The van der Waals surface area contributed by atoms with Gasteiger partial charge in [0, 0.05) is 4.88 Å². The summed E-state index contributed by atoms with van der Waals surface area (Å²) in [5.41, 5.74) is 10.1. The number of thiophene rings is 1. The summed E-state index contributed by atoms with van der Waals surface area (Å²) in [5, 5.41) is 5.78. The van der Waals surface area contributed by atoms with E-state index in [1.165, 1.54) is 43.8 Å². The molecule has 0 spiro atoms. The molecule has 0 saturated carbocycles. The lowest BCUT2D eigenvalue weighted by Gasteiger charge is -2.26. The van der Waals surface area contributed by atoms with Crippen molar-refractivity contribution in [2.24, 2.45) is 0 Å². The third-order valence-corrected chi connectivity index (χ3v) is 6.08. The Balaban J connectivity index is 2.69. The molecule has 1 aromatic heterocycles. The van der Waals surface area contributed by atoms with Crippen molar-refractivity contribution in [1.29, 1.82) is 0 Å². The Morgan fingerprint density at radius 2 is 1.48 bits per heavy atom. The molecular weight excluding hydrogens is 274 g/mol. The average Bonchev–Trinajstić information content (AvgIpc) is 2.95. The summed E-state index contributed by atoms with van der Waals surface area (Å²) in [6, 6.07) is 2.57. The first kappa shape index (κ1) is 16.3. The van der Waals surface area contributed by atoms with Crippen LogP contribution >= 0.6 is 11.3 Å². The molecule has 2 aromatic rings. The molecule has 0 aliphatic rings. The van der Waals surface area contributed by atoms with E-state index in [2.05, 4.69) is 65.4 Å². The molecule has 1 aromatic carbocycles. The standard InChI is InChI=1S/C19H27NS/c1-8-16-9-10-21-19(16)18(20-7)17-14(5)12(3)11(2)13(4)15(17)6/h9-10,18,20H,8H2,1-7H3. The highest BCUT2D eigenvalue weighted by atomic mass is 32.1. The van der Waals surface area contributed by atoms with Crippen molar-refractivity contribution in [3.63, 3.8) is 0 Å². The fourth-order valence-corrected chi connectivity index (χ4v) is 4.38. The third kappa shape index (κ3) is 2.67. The summed E-state index contributed by atoms with van der Waals surface area (Å²) < 4.78 is 0. The molecule has 1 unspecified atom stereocenters. The maximum absolute atomic E-state index is 3.56. The topological polar surface area (TPSA) is 12.0 Å². The molecule has 0 radical (unpaired) electrons. The number of hydrogen-bond acceptors (Lipinski definition) is 2. The summed E-state index contributed by atoms with van der Waals surface area (Å²) in [6.45, 7) is 13.5. The predicted octanol–water partition coefficient (Wildman–Crippen LogP) is 5.16. The van der Waals surface area contributed by atoms with Gasteiger partial charge in [-0.3, -0.25) is 0 Å². The summed E-state index contributed by atoms with van der Waals surface area (Å²) in [7, 11) is 2.08. The van der Waals surface area contributed by atoms with E-state index < -0.39 is 0 Å². The Morgan fingerprint density at radius 1 is 0.952 bits per heavy atom. The number of hydrogen-bond donors (Lipinski definition) is 1. The summed E-state index contributed by atoms with van der Waals surface area (Å²) in [5.74, 6) is 0. The highest BCUT2D eigenvalue weighted by Crippen LogP contribution is 2.36. The van der Waals surface area contributed by atoms with Crippen molar-refractivity contribution in [1.82, 2.24) is 5.32 Å². The van der Waals surface area contributed by atoms with E-state index in [-0.39, 0.29) is 0 Å². The van der Waals surface area contributed by atoms with Crippen LogP contribution in [0.4, 0.5) is 0 Å². The van der Waals surface area contributed by atoms with Gasteiger partial charge in [-0.1, -0.05) is 6.92 Å². The van der Waals surface area contributed by atoms with Gasteiger partial charge in [-0.05, 0) is 98.5 Å². The normalized spacial score (nSPS) is 12.7. The number of nitrogens with one attached hydrogen (secondary N) is 1. The lowest BCUT2D eigenvalue weighted by atomic mass is 9.85. The Kier molecular flexibility index (Phi) is 4.90. The van der Waals surface area contributed by atoms with Crippen molar-refractivity contribution < 1.29 is 0 Å². The molecule has 0 aliphatic carbocycles. The molecule has 1 atom stereocenters. The number of aryl methyl sites for hydroxylation is 1. The minimum absolute atomic E-state index is 0.304. The Morgan fingerprint density at radius 3 is 1.95 bits per heavy atom. The Hall–Kier alpha value is -1.12. The zero-order chi connectivity index (χ0) is 15.7. The predicted molar refractivity (Wildman–Crippen MR) is 94.7 cm³/mol. The third-order valence-electron chi connectivity index (χ3n) is 5.06. The van der Waals surface area contributed by atoms with Crippen LogP contribution in [0.1, 0.15) is 56.8 Å². The van der Waals surface area contributed by atoms with Crippen molar-refractivity contribution in [2.45, 2.75) is 54.0 Å². The van der Waals surface area contributed by atoms with Crippen LogP contribution in [0.5, 0.6) is 0 Å². The van der Waals surface area contributed by atoms with Gasteiger partial charge in [0.15, 0.2) is 0 Å². The van der Waals surface area contributed by atoms with Crippen LogP contribution in [0.2, 0.25) is 0 Å². The summed E-state index contributed by atoms with van der Waals surface area (Å²) in [6.07, 6.45) is 1.10. The number of benzene rings is 1. The fraction of sp³-hybridized carbons (Fsp3) is 0.474. The van der Waals surface area contributed by atoms with Crippen LogP contribution in [0.15, 0.2) is 11.4 Å². The molecule has 0 saturated heterocycles. The maximum Gasteiger partial charge on any atom is 0.0676 e. The van der Waals surface area contributed by atoms with Crippen molar-refractivity contribution >= 4 is 11.3 Å². The zero-order valence-corrected chi connectivity index (χ0v) is 15.2. The second-order valence-corrected chi connectivity index (χ2v) is 6.87. The molecule has 114 valence electrons. The van der Waals surface area contributed by atoms with E-state index in [4.69, 9.17) is 0 Å². The molecule has 21 heavy (non-hydrogen) atoms. The second kappa shape index (κ2) is 6.33. The van der Waals surface area contributed by atoms with E-state index >= 15 is 0 Å². The van der Waals surface area contributed by atoms with Gasteiger partial charge >= 0.3 is 0 Å². The highest BCUT2D eigenvalue weighted by molar-refractivity contribution is 7.10. The van der Waals surface area contributed by atoms with Gasteiger partial charge in [0.05, 0.1) is 6.04 Å². The fourth-order valence-electron chi connectivity index (χ4n) is 3.26. The Bertz CT molecular complexity index is 623. The maximum atomic E-state index is 3.56. The van der Waals surface area contributed by atoms with Crippen LogP contribution in [-0.4, -0.2) is 7.05 Å². The molecule has 0 amide bonds. The molecule has 1 nitrogen and oxygen atoms in total. The van der Waals surface area contributed by atoms with Crippen LogP contribution in [0, 0.1) is 34.6 Å². The van der Waals surface area contributed by atoms with E-state index in [0.29, 0.717) is 6.04 Å². The monoisotopic (exact) mass is 301 g/mol. The molecule has 0 bridgehead atoms. The van der Waals surface area contributed by atoms with Gasteiger partial charge in [-0.25, -0.2) is 0 Å². The molecule has 2 rings (SSSR count). The summed E-state index contributed by atoms with van der Waals surface area (Å²) in [4.78, 5) is 1.47. The van der Waals surface area contributed by atoms with Gasteiger partial charge in [-0.15, -0.1) is 11.3 Å². The quantitative estimate of drug-likeness (QED) is 0.822. The van der Waals surface area contributed by atoms with Gasteiger partial charge in [0.2, 0.25) is 0 Å². The van der Waals surface area contributed by atoms with Crippen molar-refractivity contribution in [3.05, 3.63) is 55.3 Å². The lowest BCUT2D eigenvalue weighted by molar-refractivity contribution is 0.686. The summed E-state index contributed by atoms with van der Waals surface area (Å²) >= 11 is 1.87. The van der Waals surface area contributed by atoms with Gasteiger partial charge in [0.25, 0.3) is 0 Å². The SMILES string of the molecule is CCc1ccsc1C(NC)c1c(C)c(C)c(C)c(C)c1C. The zero-order valence-electron chi connectivity index (χ0n) is 14.3. The molecular formula is C19H27NS. The number of rotatable bonds is 4. The molecule has 1 heterocycles. The molecule has 1 N–H and O–H groups in total. The highest BCUT2D eigenvalue weighted by Gasteiger charge is 2.23. The molecule has 2 heteroatoms. The van der Waals surface area contributed by atoms with Gasteiger partial charge in [0.1, 0.15) is 0 Å². The van der Waals surface area contributed by atoms with E-state index in [9.17, 15) is 0 Å². The largest absolute Gasteiger partial charge is 0.309 e.